The van der Waals surface area contributed by atoms with Crippen molar-refractivity contribution in [1.29, 1.82) is 5.26 Å². The normalized spacial score (nSPS) is 18.3. The Morgan fingerprint density at radius 2 is 2.04 bits per heavy atom. The summed E-state index contributed by atoms with van der Waals surface area (Å²) in [5.74, 6) is -3.73. The number of nitrogens with two attached hydrogens (primary N) is 1. The minimum atomic E-state index is -1.12. The van der Waals surface area contributed by atoms with Gasteiger partial charge < -0.3 is 29.8 Å². The number of aliphatic hydroxyl groups is 1. The van der Waals surface area contributed by atoms with E-state index < -0.39 is 29.7 Å². The van der Waals surface area contributed by atoms with E-state index in [0.29, 0.717) is 16.9 Å². The Morgan fingerprint density at radius 1 is 1.33 bits per heavy atom. The lowest BCUT2D eigenvalue weighted by Crippen LogP contribution is -2.32. The van der Waals surface area contributed by atoms with Crippen LogP contribution in [0.4, 0.5) is 0 Å². The van der Waals surface area contributed by atoms with Crippen molar-refractivity contribution in [1.82, 2.24) is 0 Å². The van der Waals surface area contributed by atoms with Gasteiger partial charge in [-0.25, -0.2) is 9.59 Å². The molecule has 1 atom stereocenters. The van der Waals surface area contributed by atoms with Crippen molar-refractivity contribution in [3.8, 4) is 11.8 Å². The van der Waals surface area contributed by atoms with E-state index in [1.54, 1.807) is 12.1 Å². The predicted octanol–water partition coefficient (Wildman–Crippen LogP) is 1.16. The number of carbonyl (C=O) groups is 2. The van der Waals surface area contributed by atoms with Gasteiger partial charge in [-0.3, -0.25) is 0 Å². The number of aliphatic hydroxyl groups excluding tert-OH is 1. The molecule has 0 saturated heterocycles. The van der Waals surface area contributed by atoms with Gasteiger partial charge in [0.15, 0.2) is 0 Å². The van der Waals surface area contributed by atoms with Crippen molar-refractivity contribution in [3.05, 3.63) is 52.3 Å². The van der Waals surface area contributed by atoms with Gasteiger partial charge in [0, 0.05) is 5.56 Å². The molecule has 0 unspecified atom stereocenters. The molecule has 0 bridgehead atoms. The van der Waals surface area contributed by atoms with Crippen LogP contribution in [-0.4, -0.2) is 38.4 Å². The Labute approximate surface area is 155 Å². The smallest absolute Gasteiger partial charge is 0.348 e. The van der Waals surface area contributed by atoms with Crippen LogP contribution in [0.2, 0.25) is 0 Å². The molecular weight excluding hydrogens is 356 g/mol. The molecule has 0 fully saturated rings. The third-order valence-electron chi connectivity index (χ3n) is 4.01. The molecule has 0 spiro atoms. The predicted molar refractivity (Wildman–Crippen MR) is 91.0 cm³/mol. The maximum atomic E-state index is 12.3. The molecule has 1 aromatic carbocycles. The number of ether oxygens (including phenoxy) is 4. The van der Waals surface area contributed by atoms with Gasteiger partial charge in [-0.05, 0) is 11.6 Å². The average Bonchev–Trinajstić information content (AvgIpc) is 2.66. The minimum Gasteiger partial charge on any atom is -0.496 e. The first-order valence-electron chi connectivity index (χ1n) is 7.70. The van der Waals surface area contributed by atoms with E-state index in [-0.39, 0.29) is 17.6 Å². The Hall–Kier alpha value is -3.67. The van der Waals surface area contributed by atoms with Gasteiger partial charge >= 0.3 is 11.9 Å². The summed E-state index contributed by atoms with van der Waals surface area (Å²) in [5, 5.41) is 19.0. The van der Waals surface area contributed by atoms with Crippen LogP contribution in [0, 0.1) is 11.3 Å². The molecule has 2 rings (SSSR count). The summed E-state index contributed by atoms with van der Waals surface area (Å²) >= 11 is 0. The van der Waals surface area contributed by atoms with Crippen LogP contribution in [0.3, 0.4) is 0 Å². The molecular formula is C18H18N2O7. The van der Waals surface area contributed by atoms with Crippen molar-refractivity contribution >= 4 is 11.9 Å². The Bertz CT molecular complexity index is 880. The fourth-order valence-electron chi connectivity index (χ4n) is 2.77. The Balaban J connectivity index is 2.76. The van der Waals surface area contributed by atoms with Gasteiger partial charge in [-0.15, -0.1) is 0 Å². The number of cyclic esters (lactones) is 1. The first-order valence-corrected chi connectivity index (χ1v) is 7.70. The maximum absolute atomic E-state index is 12.3. The van der Waals surface area contributed by atoms with Gasteiger partial charge in [0.25, 0.3) is 5.95 Å². The van der Waals surface area contributed by atoms with Crippen molar-refractivity contribution in [2.24, 2.45) is 5.73 Å². The van der Waals surface area contributed by atoms with E-state index in [1.807, 2.05) is 6.07 Å². The van der Waals surface area contributed by atoms with Gasteiger partial charge in [0.1, 0.15) is 16.9 Å². The lowest BCUT2D eigenvalue weighted by molar-refractivity contribution is -0.140. The zero-order valence-corrected chi connectivity index (χ0v) is 14.9. The number of nitriles is 1. The molecule has 1 aromatic rings. The molecule has 9 heteroatoms. The van der Waals surface area contributed by atoms with Crippen LogP contribution < -0.4 is 10.5 Å². The van der Waals surface area contributed by atoms with E-state index >= 15 is 0 Å². The fraction of sp³-hybridized carbons (Fsp3) is 0.278. The quantitative estimate of drug-likeness (QED) is 0.441. The van der Waals surface area contributed by atoms with Crippen molar-refractivity contribution in [3.63, 3.8) is 0 Å². The molecule has 1 heterocycles. The Kier molecular flexibility index (Phi) is 5.92. The largest absolute Gasteiger partial charge is 0.496 e. The van der Waals surface area contributed by atoms with Crippen molar-refractivity contribution in [2.45, 2.75) is 12.3 Å². The standard InChI is InChI=1S/C18H18N2O7/c1-24-11-8-10(5-4-9(11)6-7-19)12-13(16(21)25-2)15(20)27-18(23)14(12)17(22)26-3/h4-5,8,12,22H,6,20H2,1-3H3/t12-/m1/s1. The molecule has 1 aliphatic rings. The molecule has 0 saturated carbocycles. The highest BCUT2D eigenvalue weighted by molar-refractivity contribution is 6.01. The fourth-order valence-corrected chi connectivity index (χ4v) is 2.77. The van der Waals surface area contributed by atoms with E-state index in [9.17, 15) is 14.7 Å². The topological polar surface area (TPSA) is 141 Å². The number of nitrogens with zero attached hydrogens (tertiary/aromatic N) is 1. The second-order valence-electron chi connectivity index (χ2n) is 5.42. The van der Waals surface area contributed by atoms with Gasteiger partial charge in [-0.2, -0.15) is 5.26 Å². The van der Waals surface area contributed by atoms with Crippen LogP contribution in [0.1, 0.15) is 17.0 Å². The summed E-state index contributed by atoms with van der Waals surface area (Å²) < 4.78 is 19.7. The SMILES string of the molecule is COC(=O)C1=C(N)OC(=O)C(=C(O)OC)[C@@H]1c1ccc(CC#N)c(OC)c1. The van der Waals surface area contributed by atoms with Crippen molar-refractivity contribution in [2.75, 3.05) is 21.3 Å². The number of hydrogen-bond donors (Lipinski definition) is 2. The van der Waals surface area contributed by atoms with Gasteiger partial charge in [-0.1, -0.05) is 12.1 Å². The van der Waals surface area contributed by atoms with Gasteiger partial charge in [0.2, 0.25) is 5.88 Å². The summed E-state index contributed by atoms with van der Waals surface area (Å²) in [6.45, 7) is 0. The van der Waals surface area contributed by atoms with Crippen molar-refractivity contribution < 1.29 is 33.6 Å². The maximum Gasteiger partial charge on any atom is 0.348 e. The second kappa shape index (κ2) is 8.14. The lowest BCUT2D eigenvalue weighted by Gasteiger charge is -2.27. The molecule has 142 valence electrons. The number of esters is 2. The zero-order chi connectivity index (χ0) is 20.1. The number of benzene rings is 1. The average molecular weight is 374 g/mol. The monoisotopic (exact) mass is 374 g/mol. The van der Waals surface area contributed by atoms with Crippen LogP contribution in [0.15, 0.2) is 41.2 Å². The molecule has 0 aliphatic carbocycles. The number of carbonyl (C=O) groups excluding carboxylic acids is 2. The minimum absolute atomic E-state index is 0.101. The summed E-state index contributed by atoms with van der Waals surface area (Å²) in [6.07, 6.45) is 0.101. The van der Waals surface area contributed by atoms with Gasteiger partial charge in [0.05, 0.1) is 39.7 Å². The summed E-state index contributed by atoms with van der Waals surface area (Å²) in [7, 11) is 3.72. The number of methoxy groups -OCH3 is 3. The number of hydrogen-bond acceptors (Lipinski definition) is 9. The lowest BCUT2D eigenvalue weighted by atomic mass is 9.82. The molecule has 0 radical (unpaired) electrons. The van der Waals surface area contributed by atoms with Crippen LogP contribution >= 0.6 is 0 Å². The summed E-state index contributed by atoms with van der Waals surface area (Å²) in [4.78, 5) is 24.6. The van der Waals surface area contributed by atoms with E-state index in [1.165, 1.54) is 13.2 Å². The number of rotatable bonds is 5. The molecule has 0 aromatic heterocycles. The molecule has 27 heavy (non-hydrogen) atoms. The van der Waals surface area contributed by atoms with E-state index in [2.05, 4.69) is 0 Å². The third kappa shape index (κ3) is 3.64. The first-order chi connectivity index (χ1) is 12.9. The highest BCUT2D eigenvalue weighted by Crippen LogP contribution is 2.41. The van der Waals surface area contributed by atoms with Crippen LogP contribution in [-0.2, 0) is 30.2 Å². The zero-order valence-electron chi connectivity index (χ0n) is 14.9. The summed E-state index contributed by atoms with van der Waals surface area (Å²) in [6, 6.07) is 6.75. The second-order valence-corrected chi connectivity index (χ2v) is 5.42. The van der Waals surface area contributed by atoms with Crippen LogP contribution in [0.5, 0.6) is 5.75 Å². The van der Waals surface area contributed by atoms with Crippen LogP contribution in [0.25, 0.3) is 0 Å². The molecule has 9 nitrogen and oxygen atoms in total. The molecule has 1 aliphatic heterocycles. The van der Waals surface area contributed by atoms with E-state index in [4.69, 9.17) is 29.9 Å². The highest BCUT2D eigenvalue weighted by atomic mass is 16.6. The third-order valence-corrected chi connectivity index (χ3v) is 4.01. The summed E-state index contributed by atoms with van der Waals surface area (Å²) in [5.41, 5.74) is 6.24. The molecule has 3 N–H and O–H groups in total. The highest BCUT2D eigenvalue weighted by Gasteiger charge is 2.42. The van der Waals surface area contributed by atoms with E-state index in [0.717, 1.165) is 14.2 Å². The molecule has 0 amide bonds. The first kappa shape index (κ1) is 19.7. The Morgan fingerprint density at radius 3 is 2.59 bits per heavy atom.